The molecule has 0 spiro atoms. The maximum absolute atomic E-state index is 12.8. The Bertz CT molecular complexity index is 1060. The number of amidine groups is 1. The summed E-state index contributed by atoms with van der Waals surface area (Å²) < 4.78 is 24.9. The molecule has 1 aromatic carbocycles. The molecule has 9 heteroatoms. The van der Waals surface area contributed by atoms with Crippen molar-refractivity contribution in [1.29, 1.82) is 0 Å². The number of hydrogen-bond donors (Lipinski definition) is 2. The van der Waals surface area contributed by atoms with Crippen LogP contribution in [0.1, 0.15) is 27.2 Å². The van der Waals surface area contributed by atoms with Crippen molar-refractivity contribution >= 4 is 43.7 Å². The molecule has 1 fully saturated rings. The Morgan fingerprint density at radius 1 is 1.33 bits per heavy atom. The number of ketones is 1. The second kappa shape index (κ2) is 6.23. The number of nitrogens with one attached hydrogen (secondary N) is 1. The van der Waals surface area contributed by atoms with Crippen LogP contribution in [0.2, 0.25) is 0 Å². The lowest BCUT2D eigenvalue weighted by Gasteiger charge is -2.28. The second-order valence-electron chi connectivity index (χ2n) is 6.86. The number of thiophene rings is 1. The SMILES string of the molecule is Cc1cc2c(s1)N=C1N(c3ccc(CNS(C)(=O)=O)cc3)CCC1(O)C2=O. The Hall–Kier alpha value is -2.07. The third-order valence-corrected chi connectivity index (χ3v) is 6.39. The number of anilines is 1. The molecule has 4 rings (SSSR count). The van der Waals surface area contributed by atoms with Crippen LogP contribution >= 0.6 is 11.3 Å². The fourth-order valence-corrected chi connectivity index (χ4v) is 4.71. The molecule has 0 bridgehead atoms. The summed E-state index contributed by atoms with van der Waals surface area (Å²) in [7, 11) is -3.25. The Labute approximate surface area is 161 Å². The highest BCUT2D eigenvalue weighted by molar-refractivity contribution is 7.88. The number of nitrogens with zero attached hydrogens (tertiary/aromatic N) is 2. The van der Waals surface area contributed by atoms with Crippen LogP contribution in [0.15, 0.2) is 35.3 Å². The van der Waals surface area contributed by atoms with E-state index in [1.807, 2.05) is 36.1 Å². The molecule has 0 saturated carbocycles. The molecule has 3 heterocycles. The summed E-state index contributed by atoms with van der Waals surface area (Å²) >= 11 is 1.44. The topological polar surface area (TPSA) is 99.1 Å². The lowest BCUT2D eigenvalue weighted by Crippen LogP contribution is -2.48. The van der Waals surface area contributed by atoms with Gasteiger partial charge in [0.25, 0.3) is 0 Å². The predicted octanol–water partition coefficient (Wildman–Crippen LogP) is 1.97. The largest absolute Gasteiger partial charge is 0.374 e. The number of aliphatic imine (C=N–C) groups is 1. The van der Waals surface area contributed by atoms with Crippen molar-refractivity contribution in [1.82, 2.24) is 4.72 Å². The van der Waals surface area contributed by atoms with Crippen molar-refractivity contribution in [3.63, 3.8) is 0 Å². The smallest absolute Gasteiger partial charge is 0.209 e. The van der Waals surface area contributed by atoms with Crippen molar-refractivity contribution in [3.8, 4) is 0 Å². The molecule has 1 aromatic heterocycles. The van der Waals surface area contributed by atoms with Gasteiger partial charge in [-0.25, -0.2) is 18.1 Å². The molecular weight excluding hydrogens is 386 g/mol. The van der Waals surface area contributed by atoms with Crippen LogP contribution in [0, 0.1) is 6.92 Å². The van der Waals surface area contributed by atoms with E-state index in [9.17, 15) is 18.3 Å². The van der Waals surface area contributed by atoms with Gasteiger partial charge in [0.05, 0.1) is 11.8 Å². The van der Waals surface area contributed by atoms with Crippen molar-refractivity contribution in [3.05, 3.63) is 46.3 Å². The summed E-state index contributed by atoms with van der Waals surface area (Å²) in [4.78, 5) is 20.3. The molecule has 2 N–H and O–H groups in total. The van der Waals surface area contributed by atoms with Crippen LogP contribution in [0.5, 0.6) is 0 Å². The van der Waals surface area contributed by atoms with Gasteiger partial charge in [-0.1, -0.05) is 12.1 Å². The van der Waals surface area contributed by atoms with Gasteiger partial charge in [-0.05, 0) is 30.7 Å². The van der Waals surface area contributed by atoms with Crippen LogP contribution in [0.25, 0.3) is 0 Å². The van der Waals surface area contributed by atoms with E-state index in [0.29, 0.717) is 22.9 Å². The van der Waals surface area contributed by atoms with E-state index in [0.717, 1.165) is 22.4 Å². The number of carbonyl (C=O) groups is 1. The number of benzene rings is 1. The summed E-state index contributed by atoms with van der Waals surface area (Å²) in [5.41, 5.74) is 0.526. The van der Waals surface area contributed by atoms with Gasteiger partial charge in [0.15, 0.2) is 11.4 Å². The Morgan fingerprint density at radius 3 is 2.70 bits per heavy atom. The van der Waals surface area contributed by atoms with Gasteiger partial charge in [-0.3, -0.25) is 4.79 Å². The normalized spacial score (nSPS) is 21.8. The molecular formula is C18H19N3O4S2. The molecule has 142 valence electrons. The molecule has 2 aliphatic heterocycles. The summed E-state index contributed by atoms with van der Waals surface area (Å²) in [6.45, 7) is 2.60. The average molecular weight is 406 g/mol. The number of carbonyl (C=O) groups excluding carboxylic acids is 1. The number of aryl methyl sites for hydroxylation is 1. The molecule has 7 nitrogen and oxygen atoms in total. The fraction of sp³-hybridized carbons (Fsp3) is 0.333. The minimum atomic E-state index is -3.25. The zero-order valence-corrected chi connectivity index (χ0v) is 16.5. The standard InChI is InChI=1S/C18H19N3O4S2/c1-11-9-14-15(22)18(23)7-8-21(17(18)20-16(14)26-11)13-5-3-12(4-6-13)10-19-27(2,24)25/h3-6,9,19,23H,7-8,10H2,1-2H3. The van der Waals surface area contributed by atoms with Crippen molar-refractivity contribution in [2.75, 3.05) is 17.7 Å². The number of Topliss-reactive ketones (excluding diaryl/α,β-unsaturated/α-hetero) is 1. The first kappa shape index (κ1) is 18.3. The third-order valence-electron chi connectivity index (χ3n) is 4.77. The van der Waals surface area contributed by atoms with Crippen LogP contribution in [0.4, 0.5) is 10.7 Å². The average Bonchev–Trinajstić information content (AvgIpc) is 3.14. The van der Waals surface area contributed by atoms with E-state index < -0.39 is 15.6 Å². The van der Waals surface area contributed by atoms with Crippen molar-refractivity contribution in [2.45, 2.75) is 25.5 Å². The minimum Gasteiger partial charge on any atom is -0.374 e. The third kappa shape index (κ3) is 3.20. The molecule has 0 aliphatic carbocycles. The fourth-order valence-electron chi connectivity index (χ4n) is 3.41. The Morgan fingerprint density at radius 2 is 2.04 bits per heavy atom. The van der Waals surface area contributed by atoms with E-state index in [4.69, 9.17) is 0 Å². The zero-order chi connectivity index (χ0) is 19.4. The van der Waals surface area contributed by atoms with Gasteiger partial charge < -0.3 is 10.0 Å². The second-order valence-corrected chi connectivity index (χ2v) is 9.93. The first-order chi connectivity index (χ1) is 12.7. The highest BCUT2D eigenvalue weighted by Crippen LogP contribution is 2.43. The van der Waals surface area contributed by atoms with Gasteiger partial charge in [-0.2, -0.15) is 0 Å². The van der Waals surface area contributed by atoms with Gasteiger partial charge in [-0.15, -0.1) is 11.3 Å². The van der Waals surface area contributed by atoms with Gasteiger partial charge in [0, 0.05) is 30.1 Å². The van der Waals surface area contributed by atoms with Crippen molar-refractivity contribution in [2.24, 2.45) is 4.99 Å². The quantitative estimate of drug-likeness (QED) is 0.810. The van der Waals surface area contributed by atoms with E-state index in [1.165, 1.54) is 11.3 Å². The molecule has 1 atom stereocenters. The number of hydrogen-bond acceptors (Lipinski definition) is 7. The lowest BCUT2D eigenvalue weighted by atomic mass is 9.90. The van der Waals surface area contributed by atoms with E-state index in [-0.39, 0.29) is 18.7 Å². The number of fused-ring (bicyclic) bond motifs is 2. The van der Waals surface area contributed by atoms with Gasteiger partial charge >= 0.3 is 0 Å². The number of sulfonamides is 1. The van der Waals surface area contributed by atoms with Crippen LogP contribution in [-0.4, -0.2) is 43.5 Å². The zero-order valence-electron chi connectivity index (χ0n) is 14.9. The first-order valence-corrected chi connectivity index (χ1v) is 11.2. The molecule has 0 radical (unpaired) electrons. The highest BCUT2D eigenvalue weighted by Gasteiger charge is 2.52. The summed E-state index contributed by atoms with van der Waals surface area (Å²) in [5, 5.41) is 11.6. The van der Waals surface area contributed by atoms with E-state index >= 15 is 0 Å². The summed E-state index contributed by atoms with van der Waals surface area (Å²) in [6, 6.07) is 9.10. The Balaban J connectivity index is 1.64. The maximum Gasteiger partial charge on any atom is 0.209 e. The summed E-state index contributed by atoms with van der Waals surface area (Å²) in [6.07, 6.45) is 1.40. The molecule has 2 aliphatic rings. The molecule has 1 unspecified atom stereocenters. The Kier molecular flexibility index (Phi) is 4.22. The number of rotatable bonds is 4. The number of aliphatic hydroxyl groups is 1. The lowest BCUT2D eigenvalue weighted by molar-refractivity contribution is 0.0603. The van der Waals surface area contributed by atoms with Crippen molar-refractivity contribution < 1.29 is 18.3 Å². The van der Waals surface area contributed by atoms with E-state index in [1.54, 1.807) is 6.07 Å². The monoisotopic (exact) mass is 405 g/mol. The summed E-state index contributed by atoms with van der Waals surface area (Å²) in [5.74, 6) is 0.0761. The molecule has 2 aromatic rings. The maximum atomic E-state index is 12.8. The predicted molar refractivity (Wildman–Crippen MR) is 106 cm³/mol. The molecule has 27 heavy (non-hydrogen) atoms. The van der Waals surface area contributed by atoms with Crippen LogP contribution < -0.4 is 9.62 Å². The highest BCUT2D eigenvalue weighted by atomic mass is 32.2. The van der Waals surface area contributed by atoms with Gasteiger partial charge in [0.1, 0.15) is 5.00 Å². The van der Waals surface area contributed by atoms with Crippen LogP contribution in [-0.2, 0) is 16.6 Å². The van der Waals surface area contributed by atoms with Crippen LogP contribution in [0.3, 0.4) is 0 Å². The molecule has 1 saturated heterocycles. The minimum absolute atomic E-state index is 0.209. The van der Waals surface area contributed by atoms with Gasteiger partial charge in [0.2, 0.25) is 15.8 Å². The van der Waals surface area contributed by atoms with E-state index in [2.05, 4.69) is 9.71 Å². The first-order valence-electron chi connectivity index (χ1n) is 8.45. The molecule has 0 amide bonds.